The van der Waals surface area contributed by atoms with Crippen LogP contribution in [0.15, 0.2) is 45.3 Å². The van der Waals surface area contributed by atoms with Gasteiger partial charge in [-0.25, -0.2) is 9.78 Å². The van der Waals surface area contributed by atoms with Crippen molar-refractivity contribution in [2.24, 2.45) is 0 Å². The number of fused-ring (bicyclic) bond motifs is 4. The molecule has 5 rings (SSSR count). The van der Waals surface area contributed by atoms with Gasteiger partial charge in [-0.15, -0.1) is 0 Å². The van der Waals surface area contributed by atoms with Gasteiger partial charge in [-0.1, -0.05) is 44.0 Å². The first-order valence-electron chi connectivity index (χ1n) is 8.55. The number of hydrogen-bond acceptors (Lipinski definition) is 2. The Balaban J connectivity index is 1.46. The van der Waals surface area contributed by atoms with Crippen molar-refractivity contribution in [1.29, 1.82) is 0 Å². The second-order valence-corrected chi connectivity index (χ2v) is 9.09. The molecule has 1 fully saturated rings. The molecule has 2 atom stereocenters. The summed E-state index contributed by atoms with van der Waals surface area (Å²) in [5, 5.41) is 0. The molecule has 1 saturated heterocycles. The topological polar surface area (TPSA) is 18.5 Å². The van der Waals surface area contributed by atoms with Gasteiger partial charge >= 0.3 is 0 Å². The highest BCUT2D eigenvalue weighted by molar-refractivity contribution is 9.10. The van der Waals surface area contributed by atoms with Gasteiger partial charge in [-0.2, -0.15) is 0 Å². The van der Waals surface area contributed by atoms with E-state index in [1.54, 1.807) is 0 Å². The summed E-state index contributed by atoms with van der Waals surface area (Å²) in [6.45, 7) is 0. The monoisotopic (exact) mass is 448 g/mol. The quantitative estimate of drug-likeness (QED) is 0.463. The Morgan fingerprint density at radius 1 is 0.667 bits per heavy atom. The molecule has 0 N–H and O–H groups in total. The summed E-state index contributed by atoms with van der Waals surface area (Å²) in [6.07, 6.45) is 6.21. The summed E-state index contributed by atoms with van der Waals surface area (Å²) in [5.74, 6) is 0. The predicted molar refractivity (Wildman–Crippen MR) is 99.7 cm³/mol. The van der Waals surface area contributed by atoms with E-state index in [-0.39, 0.29) is 11.2 Å². The minimum atomic E-state index is -0.251. The molecular formula is C20H18Br2O2. The normalized spacial score (nSPS) is 30.8. The minimum absolute atomic E-state index is 0.251. The van der Waals surface area contributed by atoms with Crippen molar-refractivity contribution in [2.75, 3.05) is 0 Å². The van der Waals surface area contributed by atoms with Crippen LogP contribution in [0.5, 0.6) is 0 Å². The third kappa shape index (κ3) is 2.20. The summed E-state index contributed by atoms with van der Waals surface area (Å²) in [6, 6.07) is 13.1. The fourth-order valence-electron chi connectivity index (χ4n) is 4.71. The van der Waals surface area contributed by atoms with Gasteiger partial charge in [-0.3, -0.25) is 0 Å². The molecule has 2 aliphatic carbocycles. The largest absolute Gasteiger partial charge is 0.224 e. The predicted octanol–water partition coefficient (Wildman–Crippen LogP) is 5.94. The van der Waals surface area contributed by atoms with Gasteiger partial charge < -0.3 is 0 Å². The van der Waals surface area contributed by atoms with E-state index in [9.17, 15) is 0 Å². The number of rotatable bonds is 0. The molecule has 0 radical (unpaired) electrons. The number of hydrogen-bond donors (Lipinski definition) is 0. The fourth-order valence-corrected chi connectivity index (χ4v) is 5.53. The lowest BCUT2D eigenvalue weighted by molar-refractivity contribution is -0.450. The summed E-state index contributed by atoms with van der Waals surface area (Å²) in [5.41, 5.74) is 4.90. The Morgan fingerprint density at radius 2 is 1.12 bits per heavy atom. The second kappa shape index (κ2) is 5.41. The Labute approximate surface area is 158 Å². The first kappa shape index (κ1) is 15.6. The molecule has 2 aromatic rings. The second-order valence-electron chi connectivity index (χ2n) is 7.26. The molecule has 0 aromatic heterocycles. The molecule has 1 aliphatic heterocycles. The molecule has 2 nitrogen and oxygen atoms in total. The molecule has 0 amide bonds. The van der Waals surface area contributed by atoms with Crippen LogP contribution in [0.1, 0.15) is 47.9 Å². The highest BCUT2D eigenvalue weighted by atomic mass is 79.9. The van der Waals surface area contributed by atoms with Crippen LogP contribution in [0, 0.1) is 0 Å². The molecule has 0 unspecified atom stereocenters. The lowest BCUT2D eigenvalue weighted by atomic mass is 9.82. The maximum absolute atomic E-state index is 6.19. The molecule has 0 saturated carbocycles. The number of benzene rings is 2. The van der Waals surface area contributed by atoms with Crippen LogP contribution in [-0.4, -0.2) is 0 Å². The minimum Gasteiger partial charge on any atom is -0.224 e. The van der Waals surface area contributed by atoms with Crippen LogP contribution in [0.2, 0.25) is 0 Å². The summed E-state index contributed by atoms with van der Waals surface area (Å²) in [7, 11) is 0. The van der Waals surface area contributed by atoms with Gasteiger partial charge in [0.1, 0.15) is 11.2 Å². The molecule has 2 spiro atoms. The van der Waals surface area contributed by atoms with Crippen LogP contribution < -0.4 is 0 Å². The number of aryl methyl sites for hydroxylation is 2. The van der Waals surface area contributed by atoms with E-state index in [0.29, 0.717) is 0 Å². The molecule has 4 heteroatoms. The smallest absolute Gasteiger partial charge is 0.129 e. The van der Waals surface area contributed by atoms with Crippen LogP contribution in [0.25, 0.3) is 0 Å². The van der Waals surface area contributed by atoms with Crippen LogP contribution in [0.3, 0.4) is 0 Å². The van der Waals surface area contributed by atoms with Gasteiger partial charge in [0.25, 0.3) is 0 Å². The Kier molecular flexibility index (Phi) is 3.51. The highest BCUT2D eigenvalue weighted by Crippen LogP contribution is 2.54. The molecule has 124 valence electrons. The van der Waals surface area contributed by atoms with Crippen molar-refractivity contribution in [2.45, 2.75) is 49.7 Å². The lowest BCUT2D eigenvalue weighted by Gasteiger charge is -2.42. The molecule has 24 heavy (non-hydrogen) atoms. The van der Waals surface area contributed by atoms with Crippen LogP contribution in [-0.2, 0) is 33.8 Å². The Hall–Kier alpha value is -0.680. The average Bonchev–Trinajstić information content (AvgIpc) is 3.10. The Morgan fingerprint density at radius 3 is 1.54 bits per heavy atom. The summed E-state index contributed by atoms with van der Waals surface area (Å²) < 4.78 is 2.28. The van der Waals surface area contributed by atoms with Gasteiger partial charge in [0, 0.05) is 8.95 Å². The van der Waals surface area contributed by atoms with Crippen LogP contribution >= 0.6 is 31.9 Å². The first-order valence-corrected chi connectivity index (χ1v) is 10.1. The average molecular weight is 450 g/mol. The van der Waals surface area contributed by atoms with Crippen molar-refractivity contribution in [3.8, 4) is 0 Å². The third-order valence-electron chi connectivity index (χ3n) is 6.01. The zero-order valence-corrected chi connectivity index (χ0v) is 16.5. The zero-order chi connectivity index (χ0) is 16.4. The molecule has 0 bridgehead atoms. The van der Waals surface area contributed by atoms with Crippen LogP contribution in [0.4, 0.5) is 0 Å². The third-order valence-corrected chi connectivity index (χ3v) is 6.99. The molecular weight excluding hydrogens is 432 g/mol. The fraction of sp³-hybridized carbons (Fsp3) is 0.400. The van der Waals surface area contributed by atoms with E-state index in [4.69, 9.17) is 9.78 Å². The van der Waals surface area contributed by atoms with E-state index >= 15 is 0 Å². The van der Waals surface area contributed by atoms with E-state index in [1.807, 2.05) is 0 Å². The lowest BCUT2D eigenvalue weighted by Crippen LogP contribution is -2.41. The van der Waals surface area contributed by atoms with E-state index in [1.165, 1.54) is 22.3 Å². The zero-order valence-electron chi connectivity index (χ0n) is 13.3. The Bertz CT molecular complexity index is 753. The van der Waals surface area contributed by atoms with Crippen molar-refractivity contribution in [3.05, 3.63) is 67.6 Å². The van der Waals surface area contributed by atoms with E-state index in [0.717, 1.165) is 47.5 Å². The van der Waals surface area contributed by atoms with Crippen molar-refractivity contribution in [3.63, 3.8) is 0 Å². The summed E-state index contributed by atoms with van der Waals surface area (Å²) in [4.78, 5) is 12.4. The van der Waals surface area contributed by atoms with Gasteiger partial charge in [-0.05, 0) is 85.0 Å². The maximum Gasteiger partial charge on any atom is 0.129 e. The molecule has 3 aliphatic rings. The molecule has 1 heterocycles. The van der Waals surface area contributed by atoms with E-state index < -0.39 is 0 Å². The number of halogens is 2. The van der Waals surface area contributed by atoms with Crippen molar-refractivity contribution < 1.29 is 9.78 Å². The van der Waals surface area contributed by atoms with Crippen molar-refractivity contribution in [1.82, 2.24) is 0 Å². The van der Waals surface area contributed by atoms with Gasteiger partial charge in [0.15, 0.2) is 0 Å². The highest BCUT2D eigenvalue weighted by Gasteiger charge is 2.52. The van der Waals surface area contributed by atoms with Gasteiger partial charge in [0.05, 0.1) is 0 Å². The maximum atomic E-state index is 6.19. The van der Waals surface area contributed by atoms with E-state index in [2.05, 4.69) is 68.3 Å². The van der Waals surface area contributed by atoms with Gasteiger partial charge in [0.2, 0.25) is 0 Å². The first-order chi connectivity index (χ1) is 11.6. The SMILES string of the molecule is Brc1ccc2c(c1)CC[C@@]21CC[C@]2(CCc3cc(Br)ccc32)OO1. The standard InChI is InChI=1S/C20H18Br2O2/c21-15-1-3-17-13(11-15)5-7-19(17)9-10-20(24-23-19)8-6-14-12-16(22)2-4-18(14)20/h1-4,11-12H,5-10H2/t19-,20+. The summed E-state index contributed by atoms with van der Waals surface area (Å²) >= 11 is 7.15. The molecule has 2 aromatic carbocycles. The van der Waals surface area contributed by atoms with Crippen molar-refractivity contribution >= 4 is 31.9 Å².